The number of carbonyl (C=O) groups is 1. The number of halogens is 1. The fourth-order valence-corrected chi connectivity index (χ4v) is 3.23. The first kappa shape index (κ1) is 17.7. The summed E-state index contributed by atoms with van der Waals surface area (Å²) in [4.78, 5) is 16.7. The first-order chi connectivity index (χ1) is 12.0. The minimum absolute atomic E-state index is 0.0727. The summed E-state index contributed by atoms with van der Waals surface area (Å²) in [7, 11) is 1.59. The molecule has 25 heavy (non-hydrogen) atoms. The number of rotatable bonds is 6. The Balaban J connectivity index is 1.73. The lowest BCUT2D eigenvalue weighted by atomic mass is 9.75. The molecule has 2 N–H and O–H groups in total. The lowest BCUT2D eigenvalue weighted by Gasteiger charge is -2.38. The highest BCUT2D eigenvalue weighted by molar-refractivity contribution is 6.30. The molecule has 1 aliphatic carbocycles. The Kier molecular flexibility index (Phi) is 5.56. The Labute approximate surface area is 152 Å². The van der Waals surface area contributed by atoms with Crippen molar-refractivity contribution in [3.63, 3.8) is 0 Å². The van der Waals surface area contributed by atoms with Gasteiger partial charge >= 0.3 is 0 Å². The van der Waals surface area contributed by atoms with Gasteiger partial charge in [-0.05, 0) is 48.1 Å². The Morgan fingerprint density at radius 3 is 2.72 bits per heavy atom. The SMILES string of the molecule is COc1cncc([C@H](NC(=O)Cc2ccc(Cl)cc2)C2CC(O)C2)c1. The van der Waals surface area contributed by atoms with E-state index in [2.05, 4.69) is 10.3 Å². The minimum Gasteiger partial charge on any atom is -0.495 e. The maximum atomic E-state index is 12.5. The van der Waals surface area contributed by atoms with Crippen LogP contribution >= 0.6 is 11.6 Å². The third-order valence-corrected chi connectivity index (χ3v) is 4.80. The van der Waals surface area contributed by atoms with Gasteiger partial charge in [0.15, 0.2) is 0 Å². The van der Waals surface area contributed by atoms with Crippen LogP contribution in [0, 0.1) is 5.92 Å². The third kappa shape index (κ3) is 4.50. The predicted octanol–water partition coefficient (Wildman–Crippen LogP) is 2.91. The van der Waals surface area contributed by atoms with Crippen LogP contribution < -0.4 is 10.1 Å². The Morgan fingerprint density at radius 2 is 2.08 bits per heavy atom. The number of ether oxygens (including phenoxy) is 1. The van der Waals surface area contributed by atoms with Gasteiger partial charge < -0.3 is 15.2 Å². The Hall–Kier alpha value is -2.11. The van der Waals surface area contributed by atoms with Crippen molar-refractivity contribution in [2.45, 2.75) is 31.4 Å². The summed E-state index contributed by atoms with van der Waals surface area (Å²) in [5, 5.41) is 13.4. The van der Waals surface area contributed by atoms with Crippen molar-refractivity contribution in [1.82, 2.24) is 10.3 Å². The van der Waals surface area contributed by atoms with E-state index < -0.39 is 0 Å². The Morgan fingerprint density at radius 1 is 1.36 bits per heavy atom. The summed E-state index contributed by atoms with van der Waals surface area (Å²) in [6.07, 6.45) is 4.69. The molecular formula is C19H21ClN2O3. The summed E-state index contributed by atoms with van der Waals surface area (Å²) < 4.78 is 5.23. The maximum Gasteiger partial charge on any atom is 0.224 e. The van der Waals surface area contributed by atoms with Crippen molar-refractivity contribution in [3.8, 4) is 5.75 Å². The van der Waals surface area contributed by atoms with Crippen LogP contribution in [0.25, 0.3) is 0 Å². The second-order valence-electron chi connectivity index (χ2n) is 6.39. The molecule has 3 rings (SSSR count). The molecule has 5 nitrogen and oxygen atoms in total. The molecular weight excluding hydrogens is 340 g/mol. The number of nitrogens with zero attached hydrogens (tertiary/aromatic N) is 1. The van der Waals surface area contributed by atoms with E-state index in [0.717, 1.165) is 11.1 Å². The third-order valence-electron chi connectivity index (χ3n) is 4.54. The van der Waals surface area contributed by atoms with Gasteiger partial charge in [0, 0.05) is 11.2 Å². The molecule has 1 heterocycles. The van der Waals surface area contributed by atoms with Gasteiger partial charge in [0.1, 0.15) is 5.75 Å². The number of pyridine rings is 1. The summed E-state index contributed by atoms with van der Waals surface area (Å²) in [6, 6.07) is 8.93. The summed E-state index contributed by atoms with van der Waals surface area (Å²) in [5.74, 6) is 0.768. The highest BCUT2D eigenvalue weighted by atomic mass is 35.5. The minimum atomic E-state index is -0.292. The van der Waals surface area contributed by atoms with Gasteiger partial charge in [-0.2, -0.15) is 0 Å². The molecule has 1 fully saturated rings. The summed E-state index contributed by atoms with van der Waals surface area (Å²) in [5.41, 5.74) is 1.79. The first-order valence-electron chi connectivity index (χ1n) is 8.26. The van der Waals surface area contributed by atoms with Gasteiger partial charge in [-0.15, -0.1) is 0 Å². The molecule has 1 aromatic carbocycles. The van der Waals surface area contributed by atoms with Crippen molar-refractivity contribution < 1.29 is 14.6 Å². The van der Waals surface area contributed by atoms with E-state index in [0.29, 0.717) is 23.6 Å². The molecule has 1 atom stereocenters. The van der Waals surface area contributed by atoms with Crippen molar-refractivity contribution in [2.75, 3.05) is 7.11 Å². The van der Waals surface area contributed by atoms with Crippen molar-refractivity contribution >= 4 is 17.5 Å². The predicted molar refractivity (Wildman–Crippen MR) is 95.6 cm³/mol. The van der Waals surface area contributed by atoms with Crippen LogP contribution in [0.5, 0.6) is 5.75 Å². The van der Waals surface area contributed by atoms with Crippen molar-refractivity contribution in [3.05, 3.63) is 58.9 Å². The number of methoxy groups -OCH3 is 1. The zero-order valence-corrected chi connectivity index (χ0v) is 14.7. The van der Waals surface area contributed by atoms with Crippen LogP contribution in [0.4, 0.5) is 0 Å². The molecule has 6 heteroatoms. The number of benzene rings is 1. The van der Waals surface area contributed by atoms with Crippen LogP contribution in [-0.2, 0) is 11.2 Å². The molecule has 0 saturated heterocycles. The topological polar surface area (TPSA) is 71.5 Å². The van der Waals surface area contributed by atoms with Gasteiger partial charge in [0.2, 0.25) is 5.91 Å². The highest BCUT2D eigenvalue weighted by Crippen LogP contribution is 2.38. The maximum absolute atomic E-state index is 12.5. The van der Waals surface area contributed by atoms with Gasteiger partial charge in [-0.25, -0.2) is 0 Å². The second-order valence-corrected chi connectivity index (χ2v) is 6.83. The molecule has 132 valence electrons. The van der Waals surface area contributed by atoms with E-state index in [9.17, 15) is 9.90 Å². The number of hydrogen-bond donors (Lipinski definition) is 2. The quantitative estimate of drug-likeness (QED) is 0.830. The monoisotopic (exact) mass is 360 g/mol. The molecule has 2 aromatic rings. The average Bonchev–Trinajstić information content (AvgIpc) is 2.59. The van der Waals surface area contributed by atoms with Gasteiger partial charge in [0.05, 0.1) is 31.9 Å². The second kappa shape index (κ2) is 7.85. The van der Waals surface area contributed by atoms with E-state index in [1.165, 1.54) is 0 Å². The van der Waals surface area contributed by atoms with Crippen LogP contribution in [-0.4, -0.2) is 29.2 Å². The first-order valence-corrected chi connectivity index (χ1v) is 8.63. The molecule has 0 bridgehead atoms. The molecule has 1 aliphatic rings. The number of carbonyl (C=O) groups excluding carboxylic acids is 1. The van der Waals surface area contributed by atoms with Crippen LogP contribution in [0.1, 0.15) is 30.0 Å². The van der Waals surface area contributed by atoms with Crippen LogP contribution in [0.15, 0.2) is 42.7 Å². The smallest absolute Gasteiger partial charge is 0.224 e. The number of aliphatic hydroxyl groups is 1. The van der Waals surface area contributed by atoms with Crippen LogP contribution in [0.2, 0.25) is 5.02 Å². The molecule has 0 aliphatic heterocycles. The number of aliphatic hydroxyl groups excluding tert-OH is 1. The lowest BCUT2D eigenvalue weighted by molar-refractivity contribution is -0.122. The molecule has 0 spiro atoms. The lowest BCUT2D eigenvalue weighted by Crippen LogP contribution is -2.41. The van der Waals surface area contributed by atoms with Gasteiger partial charge in [0.25, 0.3) is 0 Å². The Bertz CT molecular complexity index is 730. The van der Waals surface area contributed by atoms with Gasteiger partial charge in [-0.3, -0.25) is 9.78 Å². The summed E-state index contributed by atoms with van der Waals surface area (Å²) in [6.45, 7) is 0. The van der Waals surface area contributed by atoms with Crippen LogP contribution in [0.3, 0.4) is 0 Å². The van der Waals surface area contributed by atoms with Crippen molar-refractivity contribution in [2.24, 2.45) is 5.92 Å². The number of nitrogens with one attached hydrogen (secondary N) is 1. The van der Waals surface area contributed by atoms with E-state index in [1.807, 2.05) is 18.2 Å². The van der Waals surface area contributed by atoms with Gasteiger partial charge in [-0.1, -0.05) is 23.7 Å². The average molecular weight is 361 g/mol. The summed E-state index contributed by atoms with van der Waals surface area (Å²) >= 11 is 5.88. The molecule has 1 aromatic heterocycles. The van der Waals surface area contributed by atoms with E-state index >= 15 is 0 Å². The number of amides is 1. The molecule has 1 saturated carbocycles. The van der Waals surface area contributed by atoms with E-state index in [-0.39, 0.29) is 30.4 Å². The fraction of sp³-hybridized carbons (Fsp3) is 0.368. The van der Waals surface area contributed by atoms with E-state index in [1.54, 1.807) is 31.6 Å². The van der Waals surface area contributed by atoms with Crippen molar-refractivity contribution in [1.29, 1.82) is 0 Å². The zero-order chi connectivity index (χ0) is 17.8. The number of aromatic nitrogens is 1. The largest absolute Gasteiger partial charge is 0.495 e. The molecule has 0 radical (unpaired) electrons. The standard InChI is InChI=1S/C19H21ClN2O3/c1-25-17-9-14(10-21-11-17)19(13-7-16(23)8-13)22-18(24)6-12-2-4-15(20)5-3-12/h2-5,9-11,13,16,19,23H,6-8H2,1H3,(H,22,24)/t13?,16?,19-/m1/s1. The molecule has 1 amide bonds. The fourth-order valence-electron chi connectivity index (χ4n) is 3.10. The normalized spacial score (nSPS) is 20.4. The number of hydrogen-bond acceptors (Lipinski definition) is 4. The zero-order valence-electron chi connectivity index (χ0n) is 14.0. The van der Waals surface area contributed by atoms with E-state index in [4.69, 9.17) is 16.3 Å². The molecule has 0 unspecified atom stereocenters. The highest BCUT2D eigenvalue weighted by Gasteiger charge is 2.36.